The smallest absolute Gasteiger partial charge is 0.407 e. The molecule has 0 aliphatic heterocycles. The van der Waals surface area contributed by atoms with Gasteiger partial charge in [-0.1, -0.05) is 43.3 Å². The number of amides is 1. The second-order valence-electron chi connectivity index (χ2n) is 4.95. The van der Waals surface area contributed by atoms with Crippen LogP contribution in [0.5, 0.6) is 0 Å². The number of carbonyl (C=O) groups is 2. The van der Waals surface area contributed by atoms with E-state index in [-0.39, 0.29) is 12.0 Å². The minimum absolute atomic E-state index is 0.0983. The van der Waals surface area contributed by atoms with E-state index in [1.54, 1.807) is 12.2 Å². The molecule has 0 fully saturated rings. The van der Waals surface area contributed by atoms with Crippen molar-refractivity contribution in [2.75, 3.05) is 21.3 Å². The van der Waals surface area contributed by atoms with Crippen LogP contribution in [0.15, 0.2) is 42.5 Å². The summed E-state index contributed by atoms with van der Waals surface area (Å²) in [5.41, 5.74) is 0.932. The maximum atomic E-state index is 11.6. The van der Waals surface area contributed by atoms with Gasteiger partial charge in [0.25, 0.3) is 0 Å². The Labute approximate surface area is 136 Å². The first-order chi connectivity index (χ1) is 11.0. The molecule has 0 spiro atoms. The van der Waals surface area contributed by atoms with Crippen molar-refractivity contribution in [3.63, 3.8) is 0 Å². The van der Waals surface area contributed by atoms with Crippen molar-refractivity contribution in [3.05, 3.63) is 48.0 Å². The predicted molar refractivity (Wildman–Crippen MR) is 85.8 cm³/mol. The lowest BCUT2D eigenvalue weighted by atomic mass is 9.94. The molecule has 6 heteroatoms. The van der Waals surface area contributed by atoms with Gasteiger partial charge in [-0.2, -0.15) is 0 Å². The van der Waals surface area contributed by atoms with Crippen LogP contribution in [0.25, 0.3) is 0 Å². The summed E-state index contributed by atoms with van der Waals surface area (Å²) in [5, 5.41) is 2.80. The summed E-state index contributed by atoms with van der Waals surface area (Å²) in [4.78, 5) is 23.1. The first-order valence-corrected chi connectivity index (χ1v) is 7.21. The molecular weight excluding hydrogens is 298 g/mol. The molecule has 0 heterocycles. The van der Waals surface area contributed by atoms with Crippen molar-refractivity contribution in [1.82, 2.24) is 5.32 Å². The molecule has 0 saturated carbocycles. The first kappa shape index (κ1) is 18.7. The normalized spacial score (nSPS) is 14.8. The van der Waals surface area contributed by atoms with Crippen LogP contribution in [0, 0.1) is 5.92 Å². The van der Waals surface area contributed by atoms with Crippen molar-refractivity contribution >= 4 is 12.1 Å². The molecule has 0 aliphatic rings. The monoisotopic (exact) mass is 321 g/mol. The summed E-state index contributed by atoms with van der Waals surface area (Å²) in [6, 6.07) is 9.22. The molecule has 0 bridgehead atoms. The van der Waals surface area contributed by atoms with E-state index in [1.807, 2.05) is 37.3 Å². The number of benzene rings is 1. The second-order valence-corrected chi connectivity index (χ2v) is 4.95. The molecule has 126 valence electrons. The fraction of sp³-hybridized carbons (Fsp3) is 0.412. The molecule has 0 radical (unpaired) electrons. The van der Waals surface area contributed by atoms with Gasteiger partial charge >= 0.3 is 12.1 Å². The van der Waals surface area contributed by atoms with E-state index < -0.39 is 18.2 Å². The molecule has 23 heavy (non-hydrogen) atoms. The van der Waals surface area contributed by atoms with Crippen LogP contribution < -0.4 is 5.32 Å². The molecule has 1 amide bonds. The number of rotatable bonds is 7. The van der Waals surface area contributed by atoms with Crippen LogP contribution in [-0.4, -0.2) is 39.5 Å². The van der Waals surface area contributed by atoms with Crippen molar-refractivity contribution in [3.8, 4) is 0 Å². The number of ether oxygens (including phenoxy) is 3. The summed E-state index contributed by atoms with van der Waals surface area (Å²) in [7, 11) is 4.05. The standard InChI is InChI=1S/C17H23NO5/c1-12(10-11-14(21-2)16(19)22-3)15(18-17(20)23-4)13-8-6-5-7-9-13/h5-12,14-15H,1-4H3,(H,18,20)/b11-10+/t12-,14-,15+/m0/s1. The van der Waals surface area contributed by atoms with E-state index in [4.69, 9.17) is 4.74 Å². The number of hydrogen-bond acceptors (Lipinski definition) is 5. The Morgan fingerprint density at radius 3 is 2.22 bits per heavy atom. The van der Waals surface area contributed by atoms with Gasteiger partial charge in [-0.05, 0) is 17.6 Å². The van der Waals surface area contributed by atoms with Crippen molar-refractivity contribution in [2.24, 2.45) is 5.92 Å². The topological polar surface area (TPSA) is 73.9 Å². The van der Waals surface area contributed by atoms with Crippen LogP contribution in [0.3, 0.4) is 0 Å². The van der Waals surface area contributed by atoms with Gasteiger partial charge in [0.2, 0.25) is 0 Å². The van der Waals surface area contributed by atoms with Crippen molar-refractivity contribution in [2.45, 2.75) is 19.1 Å². The molecule has 0 saturated heterocycles. The van der Waals surface area contributed by atoms with Crippen LogP contribution in [-0.2, 0) is 19.0 Å². The van der Waals surface area contributed by atoms with Gasteiger partial charge in [0, 0.05) is 7.11 Å². The van der Waals surface area contributed by atoms with Gasteiger partial charge in [0.15, 0.2) is 6.10 Å². The van der Waals surface area contributed by atoms with Crippen LogP contribution in [0.1, 0.15) is 18.5 Å². The number of carbonyl (C=O) groups excluding carboxylic acids is 2. The molecule has 0 aromatic heterocycles. The quantitative estimate of drug-likeness (QED) is 0.617. The zero-order valence-corrected chi connectivity index (χ0v) is 13.8. The lowest BCUT2D eigenvalue weighted by Crippen LogP contribution is -2.32. The molecule has 0 aliphatic carbocycles. The maximum absolute atomic E-state index is 11.6. The predicted octanol–water partition coefficient (Wildman–Crippen LogP) is 2.46. The Balaban J connectivity index is 2.93. The highest BCUT2D eigenvalue weighted by molar-refractivity contribution is 5.76. The summed E-state index contributed by atoms with van der Waals surface area (Å²) in [5.74, 6) is -0.577. The van der Waals surface area contributed by atoms with Crippen molar-refractivity contribution < 1.29 is 23.8 Å². The molecule has 3 atom stereocenters. The van der Waals surface area contributed by atoms with Gasteiger partial charge < -0.3 is 19.5 Å². The Kier molecular flexibility index (Phi) is 7.83. The highest BCUT2D eigenvalue weighted by atomic mass is 16.6. The Hall–Kier alpha value is -2.34. The molecular formula is C17H23NO5. The Morgan fingerprint density at radius 2 is 1.70 bits per heavy atom. The highest BCUT2D eigenvalue weighted by Crippen LogP contribution is 2.23. The number of nitrogens with one attached hydrogen (secondary N) is 1. The Bertz CT molecular complexity index is 529. The third-order valence-corrected chi connectivity index (χ3v) is 3.42. The lowest BCUT2D eigenvalue weighted by molar-refractivity contribution is -0.149. The van der Waals surface area contributed by atoms with Crippen LogP contribution in [0.2, 0.25) is 0 Å². The fourth-order valence-corrected chi connectivity index (χ4v) is 2.12. The number of alkyl carbamates (subject to hydrolysis) is 1. The zero-order valence-electron chi connectivity index (χ0n) is 13.8. The lowest BCUT2D eigenvalue weighted by Gasteiger charge is -2.23. The largest absolute Gasteiger partial charge is 0.467 e. The highest BCUT2D eigenvalue weighted by Gasteiger charge is 2.21. The number of esters is 1. The maximum Gasteiger partial charge on any atom is 0.407 e. The summed E-state index contributed by atoms with van der Waals surface area (Å²) in [6.45, 7) is 1.92. The van der Waals surface area contributed by atoms with Gasteiger partial charge in [-0.3, -0.25) is 0 Å². The second kappa shape index (κ2) is 9.63. The SMILES string of the molecule is COC(=O)N[C@@H](c1ccccc1)[C@@H](C)/C=C/[C@H](OC)C(=O)OC. The zero-order chi connectivity index (χ0) is 17.2. The van der Waals surface area contributed by atoms with E-state index in [2.05, 4.69) is 14.8 Å². The minimum atomic E-state index is -0.781. The molecule has 1 aromatic rings. The summed E-state index contributed by atoms with van der Waals surface area (Å²) < 4.78 is 14.4. The third kappa shape index (κ3) is 5.75. The fourth-order valence-electron chi connectivity index (χ4n) is 2.12. The van der Waals surface area contributed by atoms with Gasteiger partial charge in [-0.15, -0.1) is 0 Å². The van der Waals surface area contributed by atoms with E-state index in [0.29, 0.717) is 0 Å². The molecule has 0 unspecified atom stereocenters. The van der Waals surface area contributed by atoms with Gasteiger partial charge in [-0.25, -0.2) is 9.59 Å². The molecule has 1 rings (SSSR count). The van der Waals surface area contributed by atoms with Crippen LogP contribution >= 0.6 is 0 Å². The van der Waals surface area contributed by atoms with Crippen LogP contribution in [0.4, 0.5) is 4.79 Å². The van der Waals surface area contributed by atoms with E-state index in [0.717, 1.165) is 5.56 Å². The third-order valence-electron chi connectivity index (χ3n) is 3.42. The van der Waals surface area contributed by atoms with Gasteiger partial charge in [0.1, 0.15) is 0 Å². The summed E-state index contributed by atoms with van der Waals surface area (Å²) in [6.07, 6.45) is 2.12. The van der Waals surface area contributed by atoms with Crippen molar-refractivity contribution in [1.29, 1.82) is 0 Å². The average molecular weight is 321 g/mol. The van der Waals surface area contributed by atoms with E-state index in [1.165, 1.54) is 21.3 Å². The molecule has 1 N–H and O–H groups in total. The molecule has 6 nitrogen and oxygen atoms in total. The minimum Gasteiger partial charge on any atom is -0.467 e. The number of hydrogen-bond donors (Lipinski definition) is 1. The summed E-state index contributed by atoms with van der Waals surface area (Å²) >= 11 is 0. The number of methoxy groups -OCH3 is 3. The van der Waals surface area contributed by atoms with E-state index >= 15 is 0 Å². The first-order valence-electron chi connectivity index (χ1n) is 7.21. The van der Waals surface area contributed by atoms with E-state index in [9.17, 15) is 9.59 Å². The van der Waals surface area contributed by atoms with Gasteiger partial charge in [0.05, 0.1) is 20.3 Å². The molecule has 1 aromatic carbocycles. The average Bonchev–Trinajstić information content (AvgIpc) is 2.59. The Morgan fingerprint density at radius 1 is 1.04 bits per heavy atom.